The summed E-state index contributed by atoms with van der Waals surface area (Å²) in [5.41, 5.74) is 2.57. The van der Waals surface area contributed by atoms with Crippen LogP contribution in [0.2, 0.25) is 0 Å². The number of ether oxygens (including phenoxy) is 1. The van der Waals surface area contributed by atoms with Crippen molar-refractivity contribution in [2.24, 2.45) is 14.1 Å². The number of carbonyl (C=O) groups excluding carboxylic acids is 1. The summed E-state index contributed by atoms with van der Waals surface area (Å²) >= 11 is 0. The molecular formula is C17H25N5O2. The molecule has 0 aromatic carbocycles. The third kappa shape index (κ3) is 3.36. The summed E-state index contributed by atoms with van der Waals surface area (Å²) in [6.07, 6.45) is 5.12. The average Bonchev–Trinajstić information content (AvgIpc) is 3.13. The fourth-order valence-corrected chi connectivity index (χ4v) is 3.06. The molecule has 2 aromatic rings. The molecule has 1 amide bonds. The van der Waals surface area contributed by atoms with Gasteiger partial charge < -0.3 is 14.6 Å². The lowest BCUT2D eigenvalue weighted by atomic mass is 10.0. The van der Waals surface area contributed by atoms with Crippen LogP contribution in [-0.2, 0) is 18.8 Å². The Hall–Kier alpha value is -2.15. The van der Waals surface area contributed by atoms with Gasteiger partial charge in [0.05, 0.1) is 23.9 Å². The number of nitrogens with one attached hydrogen (secondary N) is 1. The molecule has 1 aliphatic rings. The second-order valence-corrected chi connectivity index (χ2v) is 6.72. The molecule has 2 unspecified atom stereocenters. The highest BCUT2D eigenvalue weighted by molar-refractivity contribution is 5.92. The van der Waals surface area contributed by atoms with Crippen molar-refractivity contribution in [1.29, 1.82) is 0 Å². The van der Waals surface area contributed by atoms with Gasteiger partial charge in [-0.25, -0.2) is 4.98 Å². The second-order valence-electron chi connectivity index (χ2n) is 6.72. The Morgan fingerprint density at radius 2 is 2.21 bits per heavy atom. The van der Waals surface area contributed by atoms with E-state index in [1.807, 2.05) is 30.9 Å². The van der Waals surface area contributed by atoms with Crippen LogP contribution in [0, 0.1) is 0 Å². The quantitative estimate of drug-likeness (QED) is 0.929. The number of carbonyl (C=O) groups is 1. The third-order valence-electron chi connectivity index (χ3n) is 4.53. The summed E-state index contributed by atoms with van der Waals surface area (Å²) < 4.78 is 9.47. The number of aryl methyl sites for hydroxylation is 2. The first-order chi connectivity index (χ1) is 11.5. The number of amides is 1. The standard InChI is InChI=1S/C17H25N5O2/c1-11(2)13-8-14(22(4)20-13)17(23)19-12-5-6-24-16(7-12)15-9-18-10-21(15)3/h8-12,16H,5-7H2,1-4H3,(H,19,23). The van der Waals surface area contributed by atoms with E-state index in [2.05, 4.69) is 29.2 Å². The molecule has 2 atom stereocenters. The van der Waals surface area contributed by atoms with E-state index in [-0.39, 0.29) is 18.1 Å². The van der Waals surface area contributed by atoms with Gasteiger partial charge in [0.2, 0.25) is 0 Å². The van der Waals surface area contributed by atoms with E-state index in [1.165, 1.54) is 0 Å². The lowest BCUT2D eigenvalue weighted by Crippen LogP contribution is -2.40. The summed E-state index contributed by atoms with van der Waals surface area (Å²) in [6.45, 7) is 4.77. The zero-order chi connectivity index (χ0) is 17.3. The van der Waals surface area contributed by atoms with Crippen molar-refractivity contribution in [1.82, 2.24) is 24.6 Å². The van der Waals surface area contributed by atoms with Crippen molar-refractivity contribution in [3.05, 3.63) is 35.7 Å². The van der Waals surface area contributed by atoms with Crippen LogP contribution in [0.4, 0.5) is 0 Å². The van der Waals surface area contributed by atoms with Crippen LogP contribution in [0.15, 0.2) is 18.6 Å². The van der Waals surface area contributed by atoms with Crippen LogP contribution in [0.5, 0.6) is 0 Å². The van der Waals surface area contributed by atoms with Gasteiger partial charge in [0.25, 0.3) is 5.91 Å². The van der Waals surface area contributed by atoms with Gasteiger partial charge in [0.15, 0.2) is 0 Å². The van der Waals surface area contributed by atoms with Crippen LogP contribution in [-0.4, -0.2) is 37.9 Å². The molecule has 2 aromatic heterocycles. The minimum Gasteiger partial charge on any atom is -0.372 e. The van der Waals surface area contributed by atoms with Gasteiger partial charge in [-0.05, 0) is 24.8 Å². The highest BCUT2D eigenvalue weighted by Gasteiger charge is 2.28. The molecule has 1 saturated heterocycles. The van der Waals surface area contributed by atoms with Crippen LogP contribution >= 0.6 is 0 Å². The number of imidazole rings is 1. The normalized spacial score (nSPS) is 21.2. The first-order valence-corrected chi connectivity index (χ1v) is 8.38. The van der Waals surface area contributed by atoms with Crippen molar-refractivity contribution < 1.29 is 9.53 Å². The zero-order valence-electron chi connectivity index (χ0n) is 14.7. The molecular weight excluding hydrogens is 306 g/mol. The van der Waals surface area contributed by atoms with E-state index < -0.39 is 0 Å². The topological polar surface area (TPSA) is 74.0 Å². The number of aromatic nitrogens is 4. The molecule has 0 aliphatic carbocycles. The fourth-order valence-electron chi connectivity index (χ4n) is 3.06. The molecule has 0 bridgehead atoms. The van der Waals surface area contributed by atoms with E-state index in [1.54, 1.807) is 11.0 Å². The fraction of sp³-hybridized carbons (Fsp3) is 0.588. The Kier molecular flexibility index (Phi) is 4.71. The lowest BCUT2D eigenvalue weighted by molar-refractivity contribution is -0.00307. The second kappa shape index (κ2) is 6.76. The van der Waals surface area contributed by atoms with E-state index in [0.29, 0.717) is 18.2 Å². The maximum atomic E-state index is 12.6. The van der Waals surface area contributed by atoms with Gasteiger partial charge >= 0.3 is 0 Å². The Balaban J connectivity index is 1.67. The smallest absolute Gasteiger partial charge is 0.269 e. The largest absolute Gasteiger partial charge is 0.372 e. The molecule has 1 aliphatic heterocycles. The Morgan fingerprint density at radius 3 is 2.83 bits per heavy atom. The van der Waals surface area contributed by atoms with Crippen molar-refractivity contribution >= 4 is 5.91 Å². The van der Waals surface area contributed by atoms with E-state index >= 15 is 0 Å². The monoisotopic (exact) mass is 331 g/mol. The maximum absolute atomic E-state index is 12.6. The predicted molar refractivity (Wildman–Crippen MR) is 89.7 cm³/mol. The molecule has 3 heterocycles. The maximum Gasteiger partial charge on any atom is 0.269 e. The van der Waals surface area contributed by atoms with Crippen molar-refractivity contribution in [2.45, 2.75) is 44.8 Å². The first kappa shape index (κ1) is 16.7. The lowest BCUT2D eigenvalue weighted by Gasteiger charge is -2.30. The minimum absolute atomic E-state index is 0.0330. The summed E-state index contributed by atoms with van der Waals surface area (Å²) in [6, 6.07) is 1.96. The Morgan fingerprint density at radius 1 is 1.42 bits per heavy atom. The summed E-state index contributed by atoms with van der Waals surface area (Å²) in [5, 5.41) is 7.54. The molecule has 0 radical (unpaired) electrons. The van der Waals surface area contributed by atoms with Crippen molar-refractivity contribution in [2.75, 3.05) is 6.61 Å². The summed E-state index contributed by atoms with van der Waals surface area (Å²) in [5.74, 6) is 0.225. The Bertz CT molecular complexity index is 718. The minimum atomic E-state index is -0.0763. The number of nitrogens with zero attached hydrogens (tertiary/aromatic N) is 4. The van der Waals surface area contributed by atoms with E-state index in [9.17, 15) is 4.79 Å². The highest BCUT2D eigenvalue weighted by Crippen LogP contribution is 2.27. The molecule has 24 heavy (non-hydrogen) atoms. The molecule has 130 valence electrons. The van der Waals surface area contributed by atoms with Gasteiger partial charge in [-0.3, -0.25) is 9.48 Å². The molecule has 0 saturated carbocycles. The van der Waals surface area contributed by atoms with E-state index in [4.69, 9.17) is 4.74 Å². The van der Waals surface area contributed by atoms with E-state index in [0.717, 1.165) is 24.2 Å². The molecule has 7 nitrogen and oxygen atoms in total. The first-order valence-electron chi connectivity index (χ1n) is 8.38. The van der Waals surface area contributed by atoms with Gasteiger partial charge in [-0.1, -0.05) is 13.8 Å². The van der Waals surface area contributed by atoms with Crippen molar-refractivity contribution in [3.8, 4) is 0 Å². The molecule has 0 spiro atoms. The molecule has 1 fully saturated rings. The van der Waals surface area contributed by atoms with Gasteiger partial charge in [-0.2, -0.15) is 5.10 Å². The average molecular weight is 331 g/mol. The zero-order valence-corrected chi connectivity index (χ0v) is 14.7. The molecule has 7 heteroatoms. The Labute approximate surface area is 142 Å². The van der Waals surface area contributed by atoms with Crippen LogP contribution in [0.1, 0.15) is 60.6 Å². The third-order valence-corrected chi connectivity index (χ3v) is 4.53. The molecule has 3 rings (SSSR count). The van der Waals surface area contributed by atoms with Crippen molar-refractivity contribution in [3.63, 3.8) is 0 Å². The summed E-state index contributed by atoms with van der Waals surface area (Å²) in [4.78, 5) is 16.7. The van der Waals surface area contributed by atoms with Crippen LogP contribution in [0.3, 0.4) is 0 Å². The predicted octanol–water partition coefficient (Wildman–Crippen LogP) is 1.93. The van der Waals surface area contributed by atoms with Crippen LogP contribution in [0.25, 0.3) is 0 Å². The van der Waals surface area contributed by atoms with Gasteiger partial charge in [0, 0.05) is 26.7 Å². The molecule has 1 N–H and O–H groups in total. The van der Waals surface area contributed by atoms with Gasteiger partial charge in [-0.15, -0.1) is 0 Å². The number of hydrogen-bond acceptors (Lipinski definition) is 4. The highest BCUT2D eigenvalue weighted by atomic mass is 16.5. The number of rotatable bonds is 4. The summed E-state index contributed by atoms with van der Waals surface area (Å²) in [7, 11) is 3.76. The number of hydrogen-bond donors (Lipinski definition) is 1. The van der Waals surface area contributed by atoms with Crippen LogP contribution < -0.4 is 5.32 Å². The SMILES string of the molecule is CC(C)c1cc(C(=O)NC2CCOC(c3cncn3C)C2)n(C)n1. The van der Waals surface area contributed by atoms with Gasteiger partial charge in [0.1, 0.15) is 11.8 Å².